The van der Waals surface area contributed by atoms with Crippen molar-refractivity contribution < 1.29 is 8.42 Å². The van der Waals surface area contributed by atoms with Gasteiger partial charge in [-0.25, -0.2) is 18.4 Å². The van der Waals surface area contributed by atoms with E-state index >= 15 is 0 Å². The zero-order chi connectivity index (χ0) is 14.9. The first-order valence-corrected chi connectivity index (χ1v) is 7.66. The van der Waals surface area contributed by atoms with Gasteiger partial charge in [0.05, 0.1) is 10.0 Å². The van der Waals surface area contributed by atoms with E-state index in [1.54, 1.807) is 0 Å². The highest BCUT2D eigenvalue weighted by Crippen LogP contribution is 2.32. The van der Waals surface area contributed by atoms with Crippen LogP contribution in [0, 0.1) is 0 Å². The number of sulfonamides is 1. The van der Waals surface area contributed by atoms with E-state index < -0.39 is 10.0 Å². The van der Waals surface area contributed by atoms with Crippen LogP contribution in [0.15, 0.2) is 29.4 Å². The van der Waals surface area contributed by atoms with Crippen molar-refractivity contribution in [3.8, 4) is 0 Å². The summed E-state index contributed by atoms with van der Waals surface area (Å²) in [7, 11) is -4.03. The number of hydrogen-bond acceptors (Lipinski definition) is 5. The molecule has 0 saturated carbocycles. The molecule has 0 bridgehead atoms. The second-order valence-corrected chi connectivity index (χ2v) is 6.47. The number of aromatic nitrogens is 2. The maximum absolute atomic E-state index is 12.2. The molecule has 0 amide bonds. The van der Waals surface area contributed by atoms with Crippen LogP contribution in [-0.2, 0) is 10.0 Å². The molecular weight excluding hydrogens is 347 g/mol. The van der Waals surface area contributed by atoms with Crippen LogP contribution in [0.5, 0.6) is 0 Å². The molecule has 3 N–H and O–H groups in total. The van der Waals surface area contributed by atoms with Gasteiger partial charge in [-0.1, -0.05) is 34.8 Å². The van der Waals surface area contributed by atoms with Crippen LogP contribution in [0.2, 0.25) is 15.2 Å². The smallest absolute Gasteiger partial charge is 0.266 e. The number of nitrogens with one attached hydrogen (secondary N) is 1. The number of halogens is 3. The van der Waals surface area contributed by atoms with Crippen LogP contribution in [0.25, 0.3) is 0 Å². The van der Waals surface area contributed by atoms with Crippen LogP contribution in [0.4, 0.5) is 11.5 Å². The van der Waals surface area contributed by atoms with E-state index in [1.165, 1.54) is 18.2 Å². The lowest BCUT2D eigenvalue weighted by Crippen LogP contribution is -2.15. The van der Waals surface area contributed by atoms with Crippen LogP contribution < -0.4 is 10.5 Å². The molecule has 0 spiro atoms. The topological polar surface area (TPSA) is 98.0 Å². The van der Waals surface area contributed by atoms with E-state index in [-0.39, 0.29) is 31.6 Å². The monoisotopic (exact) mass is 352 g/mol. The Labute approximate surface area is 129 Å². The van der Waals surface area contributed by atoms with Crippen LogP contribution >= 0.6 is 34.8 Å². The minimum absolute atomic E-state index is 0.00559. The van der Waals surface area contributed by atoms with E-state index in [4.69, 9.17) is 40.5 Å². The molecule has 106 valence electrons. The van der Waals surface area contributed by atoms with E-state index in [2.05, 4.69) is 14.7 Å². The number of hydrogen-bond donors (Lipinski definition) is 2. The predicted octanol–water partition coefficient (Wildman–Crippen LogP) is 2.82. The fourth-order valence-electron chi connectivity index (χ4n) is 1.41. The Hall–Kier alpha value is -1.28. The minimum Gasteiger partial charge on any atom is -0.399 e. The van der Waals surface area contributed by atoms with Gasteiger partial charge >= 0.3 is 0 Å². The molecule has 1 aromatic carbocycles. The molecule has 10 heteroatoms. The second-order valence-electron chi connectivity index (χ2n) is 3.65. The predicted molar refractivity (Wildman–Crippen MR) is 78.7 cm³/mol. The molecule has 0 aliphatic carbocycles. The molecule has 0 radical (unpaired) electrons. The quantitative estimate of drug-likeness (QED) is 0.653. The summed E-state index contributed by atoms with van der Waals surface area (Å²) in [5.41, 5.74) is 5.78. The zero-order valence-corrected chi connectivity index (χ0v) is 12.7. The highest BCUT2D eigenvalue weighted by molar-refractivity contribution is 7.93. The van der Waals surface area contributed by atoms with Crippen molar-refractivity contribution in [2.75, 3.05) is 10.5 Å². The molecular formula is C10H7Cl3N4O2S. The lowest BCUT2D eigenvalue weighted by atomic mass is 10.3. The number of nitrogens with zero attached hydrogens (tertiary/aromatic N) is 2. The van der Waals surface area contributed by atoms with E-state index in [0.29, 0.717) is 0 Å². The SMILES string of the molecule is Nc1cc(Cl)c(S(=O)(=O)Nc2cc(Cl)ncn2)c(Cl)c1. The molecule has 0 aliphatic heterocycles. The molecule has 0 atom stereocenters. The molecule has 20 heavy (non-hydrogen) atoms. The van der Waals surface area contributed by atoms with Crippen molar-refractivity contribution in [3.63, 3.8) is 0 Å². The maximum Gasteiger partial charge on any atom is 0.266 e. The Kier molecular flexibility index (Phi) is 4.24. The van der Waals surface area contributed by atoms with Crippen molar-refractivity contribution >= 4 is 56.3 Å². The van der Waals surface area contributed by atoms with Crippen molar-refractivity contribution in [1.29, 1.82) is 0 Å². The molecule has 0 aliphatic rings. The first-order valence-electron chi connectivity index (χ1n) is 5.04. The molecule has 2 aromatic rings. The standard InChI is InChI=1S/C10H7Cl3N4O2S/c11-6-1-5(14)2-7(12)10(6)20(18,19)17-9-3-8(13)15-4-16-9/h1-4H,14H2,(H,15,16,17). The van der Waals surface area contributed by atoms with Gasteiger partial charge in [0.2, 0.25) is 0 Å². The van der Waals surface area contributed by atoms with Crippen molar-refractivity contribution in [2.24, 2.45) is 0 Å². The Morgan fingerprint density at radius 1 is 1.05 bits per heavy atom. The Morgan fingerprint density at radius 2 is 1.65 bits per heavy atom. The Bertz CT molecular complexity index is 744. The van der Waals surface area contributed by atoms with Gasteiger partial charge in [-0.2, -0.15) is 0 Å². The maximum atomic E-state index is 12.2. The van der Waals surface area contributed by atoms with Gasteiger partial charge < -0.3 is 5.73 Å². The number of rotatable bonds is 3. The minimum atomic E-state index is -4.03. The summed E-state index contributed by atoms with van der Waals surface area (Å²) in [6.07, 6.45) is 1.12. The first kappa shape index (κ1) is 15.1. The van der Waals surface area contributed by atoms with E-state index in [9.17, 15) is 8.42 Å². The molecule has 1 heterocycles. The third kappa shape index (κ3) is 3.24. The summed E-state index contributed by atoms with van der Waals surface area (Å²) < 4.78 is 26.7. The number of nitrogens with two attached hydrogens (primary N) is 1. The Balaban J connectivity index is 2.46. The van der Waals surface area contributed by atoms with Gasteiger partial charge in [-0.05, 0) is 12.1 Å². The molecule has 6 nitrogen and oxygen atoms in total. The Morgan fingerprint density at radius 3 is 2.20 bits per heavy atom. The number of nitrogen functional groups attached to an aromatic ring is 1. The second kappa shape index (κ2) is 5.61. The summed E-state index contributed by atoms with van der Waals surface area (Å²) in [4.78, 5) is 7.08. The van der Waals surface area contributed by atoms with Crippen LogP contribution in [0.3, 0.4) is 0 Å². The van der Waals surface area contributed by atoms with Gasteiger partial charge in [-0.15, -0.1) is 0 Å². The molecule has 0 unspecified atom stereocenters. The lowest BCUT2D eigenvalue weighted by molar-refractivity contribution is 0.601. The number of benzene rings is 1. The highest BCUT2D eigenvalue weighted by atomic mass is 35.5. The molecule has 1 aromatic heterocycles. The van der Waals surface area contributed by atoms with E-state index in [1.807, 2.05) is 0 Å². The zero-order valence-electron chi connectivity index (χ0n) is 9.64. The van der Waals surface area contributed by atoms with Gasteiger partial charge in [-0.3, -0.25) is 4.72 Å². The summed E-state index contributed by atoms with van der Waals surface area (Å²) in [5, 5.41) is -0.0995. The lowest BCUT2D eigenvalue weighted by Gasteiger charge is -2.11. The largest absolute Gasteiger partial charge is 0.399 e. The molecule has 0 fully saturated rings. The van der Waals surface area contributed by atoms with Crippen molar-refractivity contribution in [3.05, 3.63) is 39.7 Å². The normalized spacial score (nSPS) is 11.3. The van der Waals surface area contributed by atoms with E-state index in [0.717, 1.165) is 6.33 Å². The molecule has 0 saturated heterocycles. The third-order valence-electron chi connectivity index (χ3n) is 2.16. The fourth-order valence-corrected chi connectivity index (χ4v) is 3.79. The van der Waals surface area contributed by atoms with Crippen molar-refractivity contribution in [1.82, 2.24) is 9.97 Å². The molecule has 2 rings (SSSR count). The van der Waals surface area contributed by atoms with Gasteiger partial charge in [0.1, 0.15) is 22.2 Å². The van der Waals surface area contributed by atoms with Gasteiger partial charge in [0.15, 0.2) is 0 Å². The van der Waals surface area contributed by atoms with Crippen LogP contribution in [-0.4, -0.2) is 18.4 Å². The average molecular weight is 354 g/mol. The third-order valence-corrected chi connectivity index (χ3v) is 4.64. The summed E-state index contributed by atoms with van der Waals surface area (Å²) in [6.45, 7) is 0. The van der Waals surface area contributed by atoms with Crippen LogP contribution in [0.1, 0.15) is 0 Å². The first-order chi connectivity index (χ1) is 9.29. The fraction of sp³-hybridized carbons (Fsp3) is 0. The summed E-state index contributed by atoms with van der Waals surface area (Å²) in [5.74, 6) is -0.00559. The average Bonchev–Trinajstić information content (AvgIpc) is 2.25. The van der Waals surface area contributed by atoms with Crippen molar-refractivity contribution in [2.45, 2.75) is 4.90 Å². The number of anilines is 2. The van der Waals surface area contributed by atoms with Gasteiger partial charge in [0, 0.05) is 11.8 Å². The summed E-state index contributed by atoms with van der Waals surface area (Å²) in [6, 6.07) is 3.82. The summed E-state index contributed by atoms with van der Waals surface area (Å²) >= 11 is 17.4. The van der Waals surface area contributed by atoms with Gasteiger partial charge in [0.25, 0.3) is 10.0 Å². The highest BCUT2D eigenvalue weighted by Gasteiger charge is 2.23.